The van der Waals surface area contributed by atoms with Gasteiger partial charge in [0.05, 0.1) is 37.7 Å². The number of morpholine rings is 1. The molecule has 0 spiro atoms. The van der Waals surface area contributed by atoms with Crippen LogP contribution in [-0.2, 0) is 20.8 Å². The lowest BCUT2D eigenvalue weighted by Crippen LogP contribution is -2.54. The summed E-state index contributed by atoms with van der Waals surface area (Å²) in [5, 5.41) is 6.13. The van der Waals surface area contributed by atoms with Gasteiger partial charge in [-0.15, -0.1) is 0 Å². The first-order valence-corrected chi connectivity index (χ1v) is 12.8. The minimum absolute atomic E-state index is 0.0686. The second-order valence-corrected chi connectivity index (χ2v) is 10.2. The molecule has 1 aromatic carbocycles. The minimum atomic E-state index is -4.28. The lowest BCUT2D eigenvalue weighted by atomic mass is 10.0. The number of pyridine rings is 1. The molecule has 4 aliphatic rings. The number of anilines is 4. The van der Waals surface area contributed by atoms with Crippen molar-refractivity contribution >= 4 is 28.8 Å². The van der Waals surface area contributed by atoms with Crippen molar-refractivity contribution < 1.29 is 27.4 Å². The molecule has 4 heterocycles. The number of carbonyl (C=O) groups is 1. The van der Waals surface area contributed by atoms with Crippen LogP contribution >= 0.6 is 0 Å². The first-order valence-electron chi connectivity index (χ1n) is 12.8. The number of benzene rings is 1. The Balaban J connectivity index is 1.23. The predicted octanol–water partition coefficient (Wildman–Crippen LogP) is 3.74. The average molecular weight is 518 g/mol. The van der Waals surface area contributed by atoms with Crippen LogP contribution in [0.5, 0.6) is 0 Å². The second kappa shape index (κ2) is 9.45. The van der Waals surface area contributed by atoms with Crippen molar-refractivity contribution in [3.63, 3.8) is 0 Å². The van der Waals surface area contributed by atoms with Gasteiger partial charge in [0, 0.05) is 36.6 Å². The molecule has 1 aliphatic carbocycles. The normalized spacial score (nSPS) is 24.9. The van der Waals surface area contributed by atoms with Crippen LogP contribution in [-0.4, -0.2) is 67.7 Å². The number of rotatable bonds is 4. The summed E-state index contributed by atoms with van der Waals surface area (Å²) >= 11 is 0. The largest absolute Gasteiger partial charge is 0.406 e. The van der Waals surface area contributed by atoms with E-state index < -0.39 is 23.9 Å². The van der Waals surface area contributed by atoms with E-state index in [1.165, 1.54) is 0 Å². The molecule has 11 heteroatoms. The van der Waals surface area contributed by atoms with Gasteiger partial charge in [-0.2, -0.15) is 13.2 Å². The molecule has 1 aromatic heterocycles. The van der Waals surface area contributed by atoms with Crippen LogP contribution < -0.4 is 20.4 Å². The van der Waals surface area contributed by atoms with Gasteiger partial charge in [-0.25, -0.2) is 4.98 Å². The Morgan fingerprint density at radius 2 is 1.97 bits per heavy atom. The monoisotopic (exact) mass is 517 g/mol. The van der Waals surface area contributed by atoms with E-state index in [2.05, 4.69) is 20.5 Å². The Morgan fingerprint density at radius 1 is 1.16 bits per heavy atom. The molecule has 2 atom stereocenters. The summed E-state index contributed by atoms with van der Waals surface area (Å²) in [5.74, 6) is 0.489. The first-order chi connectivity index (χ1) is 17.8. The van der Waals surface area contributed by atoms with Crippen LogP contribution in [0.2, 0.25) is 0 Å². The number of halogens is 3. The zero-order chi connectivity index (χ0) is 25.6. The molecular weight excluding hydrogens is 487 g/mol. The van der Waals surface area contributed by atoms with Gasteiger partial charge in [-0.05, 0) is 49.9 Å². The summed E-state index contributed by atoms with van der Waals surface area (Å²) in [4.78, 5) is 22.3. The van der Waals surface area contributed by atoms with Crippen molar-refractivity contribution in [3.8, 4) is 0 Å². The number of ether oxygens (including phenoxy) is 2. The van der Waals surface area contributed by atoms with Gasteiger partial charge in [-0.3, -0.25) is 10.1 Å². The fourth-order valence-electron chi connectivity index (χ4n) is 5.39. The third kappa shape index (κ3) is 4.75. The molecule has 3 fully saturated rings. The van der Waals surface area contributed by atoms with Gasteiger partial charge in [0.1, 0.15) is 17.5 Å². The molecule has 0 radical (unpaired) electrons. The first kappa shape index (κ1) is 24.4. The number of fused-ring (bicyclic) bond motifs is 2. The summed E-state index contributed by atoms with van der Waals surface area (Å²) in [6.07, 6.45) is -2.32. The summed E-state index contributed by atoms with van der Waals surface area (Å²) in [7, 11) is 0. The van der Waals surface area contributed by atoms with E-state index >= 15 is 0 Å². The molecule has 2 aromatic rings. The van der Waals surface area contributed by atoms with E-state index in [4.69, 9.17) is 9.47 Å². The molecule has 1 saturated carbocycles. The molecule has 2 N–H and O–H groups in total. The number of aromatic nitrogens is 1. The maximum atomic E-state index is 13.8. The maximum absolute atomic E-state index is 13.8. The summed E-state index contributed by atoms with van der Waals surface area (Å²) < 4.78 is 51.5. The fourth-order valence-corrected chi connectivity index (χ4v) is 5.39. The Bertz CT molecular complexity index is 1160. The van der Waals surface area contributed by atoms with Crippen LogP contribution in [0.25, 0.3) is 0 Å². The van der Waals surface area contributed by atoms with Crippen LogP contribution in [0.3, 0.4) is 0 Å². The van der Waals surface area contributed by atoms with Crippen LogP contribution in [0.15, 0.2) is 36.5 Å². The highest BCUT2D eigenvalue weighted by molar-refractivity contribution is 6.01. The molecule has 1 amide bonds. The molecule has 0 bridgehead atoms. The van der Waals surface area contributed by atoms with E-state index in [1.807, 2.05) is 30.3 Å². The Kier molecular flexibility index (Phi) is 6.24. The molecular formula is C26H30F3N5O3. The quantitative estimate of drug-likeness (QED) is 0.640. The van der Waals surface area contributed by atoms with Crippen molar-refractivity contribution in [2.45, 2.75) is 56.1 Å². The van der Waals surface area contributed by atoms with Crippen molar-refractivity contribution in [2.75, 3.05) is 48.0 Å². The van der Waals surface area contributed by atoms with Gasteiger partial charge in [0.15, 0.2) is 0 Å². The lowest BCUT2D eigenvalue weighted by molar-refractivity contribution is -0.171. The highest BCUT2D eigenvalue weighted by atomic mass is 19.4. The Labute approximate surface area is 213 Å². The number of carbonyl (C=O) groups excluding carboxylic acids is 1. The van der Waals surface area contributed by atoms with Gasteiger partial charge >= 0.3 is 6.18 Å². The number of hydrogen-bond acceptors (Lipinski definition) is 7. The van der Waals surface area contributed by atoms with E-state index in [0.717, 1.165) is 35.7 Å². The fraction of sp³-hybridized carbons (Fsp3) is 0.538. The second-order valence-electron chi connectivity index (χ2n) is 10.2. The van der Waals surface area contributed by atoms with Crippen molar-refractivity contribution in [1.29, 1.82) is 0 Å². The van der Waals surface area contributed by atoms with Gasteiger partial charge in [-0.1, -0.05) is 6.07 Å². The zero-order valence-corrected chi connectivity index (χ0v) is 20.4. The Morgan fingerprint density at radius 3 is 2.68 bits per heavy atom. The highest BCUT2D eigenvalue weighted by Gasteiger charge is 2.63. The number of nitrogens with zero attached hydrogens (tertiary/aromatic N) is 3. The van der Waals surface area contributed by atoms with Gasteiger partial charge in [0.25, 0.3) is 5.91 Å². The minimum Gasteiger partial charge on any atom is -0.378 e. The van der Waals surface area contributed by atoms with Crippen molar-refractivity contribution in [1.82, 2.24) is 10.3 Å². The highest BCUT2D eigenvalue weighted by Crippen LogP contribution is 2.49. The SMILES string of the molecule is O=C([C@@H]1CC[C@H](NC2(C(F)(F)F)CC2)CO1)N1Cc2cccnc2Nc2ccc(N3CCOCC3)cc21. The van der Waals surface area contributed by atoms with Crippen LogP contribution in [0.1, 0.15) is 31.2 Å². The molecule has 198 valence electrons. The van der Waals surface area contributed by atoms with E-state index in [9.17, 15) is 18.0 Å². The molecule has 6 rings (SSSR count). The van der Waals surface area contributed by atoms with Gasteiger partial charge < -0.3 is 24.6 Å². The van der Waals surface area contributed by atoms with Crippen LogP contribution in [0.4, 0.5) is 36.1 Å². The number of amides is 1. The van der Waals surface area contributed by atoms with E-state index in [0.29, 0.717) is 38.4 Å². The van der Waals surface area contributed by atoms with Gasteiger partial charge in [0.2, 0.25) is 0 Å². The smallest absolute Gasteiger partial charge is 0.378 e. The Hall–Kier alpha value is -2.89. The molecule has 2 saturated heterocycles. The zero-order valence-electron chi connectivity index (χ0n) is 20.4. The van der Waals surface area contributed by atoms with E-state index in [-0.39, 0.29) is 25.4 Å². The molecule has 8 nitrogen and oxygen atoms in total. The maximum Gasteiger partial charge on any atom is 0.406 e. The standard InChI is InChI=1S/C26H30F3N5O3/c27-26(28,29)25(7-8-25)32-18-3-6-22(37-16-18)24(35)34-15-17-2-1-9-30-23(17)31-20-5-4-19(14-21(20)34)33-10-12-36-13-11-33/h1-2,4-5,9,14,18,22,32H,3,6-8,10-13,15-16H2,(H,30,31)/t18-,22-/m0/s1. The molecule has 0 unspecified atom stereocenters. The molecule has 37 heavy (non-hydrogen) atoms. The topological polar surface area (TPSA) is 79.0 Å². The summed E-state index contributed by atoms with van der Waals surface area (Å²) in [6.45, 7) is 3.21. The number of hydrogen-bond donors (Lipinski definition) is 2. The number of nitrogens with one attached hydrogen (secondary N) is 2. The third-order valence-electron chi connectivity index (χ3n) is 7.71. The average Bonchev–Trinajstić information content (AvgIpc) is 3.72. The summed E-state index contributed by atoms with van der Waals surface area (Å²) in [5.41, 5.74) is 1.57. The van der Waals surface area contributed by atoms with E-state index in [1.54, 1.807) is 11.1 Å². The predicted molar refractivity (Wildman–Crippen MR) is 132 cm³/mol. The van der Waals surface area contributed by atoms with Crippen molar-refractivity contribution in [3.05, 3.63) is 42.1 Å². The summed E-state index contributed by atoms with van der Waals surface area (Å²) in [6, 6.07) is 9.32. The lowest BCUT2D eigenvalue weighted by Gasteiger charge is -2.35. The molecule has 3 aliphatic heterocycles. The third-order valence-corrected chi connectivity index (χ3v) is 7.71. The van der Waals surface area contributed by atoms with Crippen molar-refractivity contribution in [2.24, 2.45) is 0 Å². The van der Waals surface area contributed by atoms with Crippen LogP contribution in [0, 0.1) is 0 Å². The number of alkyl halides is 3.